The number of ether oxygens (including phenoxy) is 1. The molecule has 0 saturated carbocycles. The molecule has 0 unspecified atom stereocenters. The second-order valence-corrected chi connectivity index (χ2v) is 7.64. The first-order chi connectivity index (χ1) is 13.1. The van der Waals surface area contributed by atoms with E-state index in [1.807, 2.05) is 43.0 Å². The third kappa shape index (κ3) is 3.84. The van der Waals surface area contributed by atoms with E-state index in [0.29, 0.717) is 29.8 Å². The zero-order valence-electron chi connectivity index (χ0n) is 15.3. The smallest absolute Gasteiger partial charge is 0.290 e. The van der Waals surface area contributed by atoms with Gasteiger partial charge in [-0.1, -0.05) is 30.0 Å². The quantitative estimate of drug-likeness (QED) is 0.505. The van der Waals surface area contributed by atoms with Crippen LogP contribution in [0.5, 0.6) is 0 Å². The third-order valence-corrected chi connectivity index (χ3v) is 5.39. The number of fused-ring (bicyclic) bond motifs is 1. The molecule has 3 heterocycles. The Hall–Kier alpha value is -2.38. The SMILES string of the molecule is C[C@@H]1CN(C(=O)c2oc3ccccc3c2CSc2ncccn2)C[C@H](C)O1. The van der Waals surface area contributed by atoms with Gasteiger partial charge in [-0.3, -0.25) is 4.79 Å². The molecule has 4 rings (SSSR count). The number of para-hydroxylation sites is 1. The fourth-order valence-corrected chi connectivity index (χ4v) is 4.23. The highest BCUT2D eigenvalue weighted by Gasteiger charge is 2.30. The van der Waals surface area contributed by atoms with Gasteiger partial charge in [0, 0.05) is 42.2 Å². The van der Waals surface area contributed by atoms with Crippen LogP contribution in [0.25, 0.3) is 11.0 Å². The molecule has 0 aliphatic carbocycles. The summed E-state index contributed by atoms with van der Waals surface area (Å²) in [7, 11) is 0. The largest absolute Gasteiger partial charge is 0.451 e. The van der Waals surface area contributed by atoms with Gasteiger partial charge < -0.3 is 14.1 Å². The lowest BCUT2D eigenvalue weighted by Gasteiger charge is -2.34. The molecule has 140 valence electrons. The molecule has 7 heteroatoms. The first kappa shape index (κ1) is 18.0. The van der Waals surface area contributed by atoms with Gasteiger partial charge >= 0.3 is 0 Å². The van der Waals surface area contributed by atoms with E-state index in [1.165, 1.54) is 11.8 Å². The number of nitrogens with zero attached hydrogens (tertiary/aromatic N) is 3. The Morgan fingerprint density at radius 1 is 1.15 bits per heavy atom. The van der Waals surface area contributed by atoms with Crippen molar-refractivity contribution in [2.24, 2.45) is 0 Å². The Morgan fingerprint density at radius 3 is 2.59 bits per heavy atom. The summed E-state index contributed by atoms with van der Waals surface area (Å²) in [6.45, 7) is 5.10. The number of hydrogen-bond acceptors (Lipinski definition) is 6. The van der Waals surface area contributed by atoms with Crippen molar-refractivity contribution in [1.29, 1.82) is 0 Å². The molecule has 0 spiro atoms. The van der Waals surface area contributed by atoms with Crippen molar-refractivity contribution >= 4 is 28.6 Å². The molecule has 1 fully saturated rings. The molecule has 6 nitrogen and oxygen atoms in total. The summed E-state index contributed by atoms with van der Waals surface area (Å²) in [5, 5.41) is 1.63. The van der Waals surface area contributed by atoms with Gasteiger partial charge in [-0.2, -0.15) is 0 Å². The molecule has 1 amide bonds. The summed E-state index contributed by atoms with van der Waals surface area (Å²) in [5.74, 6) is 0.885. The highest BCUT2D eigenvalue weighted by atomic mass is 32.2. The van der Waals surface area contributed by atoms with Crippen LogP contribution in [-0.2, 0) is 10.5 Å². The fourth-order valence-electron chi connectivity index (χ4n) is 3.40. The van der Waals surface area contributed by atoms with Crippen LogP contribution < -0.4 is 0 Å². The molecule has 1 aliphatic rings. The van der Waals surface area contributed by atoms with E-state index < -0.39 is 0 Å². The molecule has 0 radical (unpaired) electrons. The normalized spacial score (nSPS) is 20.1. The zero-order chi connectivity index (χ0) is 18.8. The van der Waals surface area contributed by atoms with Crippen molar-refractivity contribution in [3.63, 3.8) is 0 Å². The molecule has 27 heavy (non-hydrogen) atoms. The fraction of sp³-hybridized carbons (Fsp3) is 0.350. The Morgan fingerprint density at radius 2 is 1.85 bits per heavy atom. The van der Waals surface area contributed by atoms with Gasteiger partial charge in [0.15, 0.2) is 10.9 Å². The highest BCUT2D eigenvalue weighted by molar-refractivity contribution is 7.98. The molecule has 0 N–H and O–H groups in total. The summed E-state index contributed by atoms with van der Waals surface area (Å²) < 4.78 is 11.7. The summed E-state index contributed by atoms with van der Waals surface area (Å²) in [5.41, 5.74) is 1.61. The number of carbonyl (C=O) groups is 1. The molecule has 1 aromatic carbocycles. The lowest BCUT2D eigenvalue weighted by atomic mass is 10.1. The standard InChI is InChI=1S/C20H21N3O3S/c1-13-10-23(11-14(2)25-13)19(24)18-16(12-27-20-21-8-5-9-22-20)15-6-3-4-7-17(15)26-18/h3-9,13-14H,10-12H2,1-2H3/t13-,14+. The van der Waals surface area contributed by atoms with Crippen LogP contribution >= 0.6 is 11.8 Å². The van der Waals surface area contributed by atoms with Crippen LogP contribution in [0.1, 0.15) is 30.0 Å². The number of amides is 1. The first-order valence-electron chi connectivity index (χ1n) is 8.97. The molecular formula is C20H21N3O3S. The summed E-state index contributed by atoms with van der Waals surface area (Å²) in [6.07, 6.45) is 3.45. The first-order valence-corrected chi connectivity index (χ1v) is 9.95. The number of furan rings is 1. The van der Waals surface area contributed by atoms with Crippen molar-refractivity contribution in [3.8, 4) is 0 Å². The van der Waals surface area contributed by atoms with E-state index in [9.17, 15) is 4.79 Å². The number of thioether (sulfide) groups is 1. The lowest BCUT2D eigenvalue weighted by molar-refractivity contribution is -0.0592. The number of morpholine rings is 1. The van der Waals surface area contributed by atoms with Crippen LogP contribution in [0.15, 0.2) is 52.3 Å². The van der Waals surface area contributed by atoms with E-state index >= 15 is 0 Å². The van der Waals surface area contributed by atoms with E-state index in [4.69, 9.17) is 9.15 Å². The van der Waals surface area contributed by atoms with Crippen molar-refractivity contribution < 1.29 is 13.9 Å². The summed E-state index contributed by atoms with van der Waals surface area (Å²) in [4.78, 5) is 23.6. The minimum absolute atomic E-state index is 0.0117. The van der Waals surface area contributed by atoms with Crippen LogP contribution in [-0.4, -0.2) is 46.1 Å². The number of hydrogen-bond donors (Lipinski definition) is 0. The molecule has 2 atom stereocenters. The lowest BCUT2D eigenvalue weighted by Crippen LogP contribution is -2.48. The number of rotatable bonds is 4. The number of aromatic nitrogens is 2. The van der Waals surface area contributed by atoms with E-state index in [0.717, 1.165) is 16.5 Å². The van der Waals surface area contributed by atoms with E-state index in [-0.39, 0.29) is 18.1 Å². The molecule has 3 aromatic rings. The van der Waals surface area contributed by atoms with Gasteiger partial charge in [0.1, 0.15) is 5.58 Å². The van der Waals surface area contributed by atoms with Gasteiger partial charge in [-0.15, -0.1) is 0 Å². The van der Waals surface area contributed by atoms with Gasteiger partial charge in [-0.05, 0) is 26.0 Å². The summed E-state index contributed by atoms with van der Waals surface area (Å²) in [6, 6.07) is 9.53. The van der Waals surface area contributed by atoms with Crippen LogP contribution in [0.2, 0.25) is 0 Å². The Balaban J connectivity index is 1.66. The number of benzene rings is 1. The van der Waals surface area contributed by atoms with E-state index in [1.54, 1.807) is 18.5 Å². The zero-order valence-corrected chi connectivity index (χ0v) is 16.1. The van der Waals surface area contributed by atoms with Crippen molar-refractivity contribution in [2.45, 2.75) is 37.0 Å². The van der Waals surface area contributed by atoms with Gasteiger partial charge in [0.05, 0.1) is 12.2 Å². The van der Waals surface area contributed by atoms with Crippen LogP contribution in [0.3, 0.4) is 0 Å². The Labute approximate surface area is 161 Å². The predicted molar refractivity (Wildman–Crippen MR) is 104 cm³/mol. The van der Waals surface area contributed by atoms with Crippen LogP contribution in [0.4, 0.5) is 0 Å². The average molecular weight is 383 g/mol. The highest BCUT2D eigenvalue weighted by Crippen LogP contribution is 2.32. The van der Waals surface area contributed by atoms with Crippen molar-refractivity contribution in [3.05, 3.63) is 54.0 Å². The average Bonchev–Trinajstić information content (AvgIpc) is 3.04. The Bertz CT molecular complexity index is 934. The predicted octanol–water partition coefficient (Wildman–Crippen LogP) is 3.76. The minimum Gasteiger partial charge on any atom is -0.451 e. The number of carbonyl (C=O) groups excluding carboxylic acids is 1. The van der Waals surface area contributed by atoms with Gasteiger partial charge in [-0.25, -0.2) is 9.97 Å². The topological polar surface area (TPSA) is 68.5 Å². The van der Waals surface area contributed by atoms with E-state index in [2.05, 4.69) is 9.97 Å². The maximum absolute atomic E-state index is 13.2. The molecule has 1 saturated heterocycles. The van der Waals surface area contributed by atoms with Crippen molar-refractivity contribution in [2.75, 3.05) is 13.1 Å². The van der Waals surface area contributed by atoms with Crippen LogP contribution in [0, 0.1) is 0 Å². The second-order valence-electron chi connectivity index (χ2n) is 6.69. The molecular weight excluding hydrogens is 362 g/mol. The van der Waals surface area contributed by atoms with Gasteiger partial charge in [0.25, 0.3) is 5.91 Å². The molecule has 2 aromatic heterocycles. The maximum Gasteiger partial charge on any atom is 0.290 e. The monoisotopic (exact) mass is 383 g/mol. The Kier molecular flexibility index (Phi) is 5.13. The third-order valence-electron chi connectivity index (χ3n) is 4.49. The summed E-state index contributed by atoms with van der Waals surface area (Å²) >= 11 is 1.49. The molecule has 1 aliphatic heterocycles. The molecule has 0 bridgehead atoms. The second kappa shape index (κ2) is 7.70. The minimum atomic E-state index is -0.0854. The van der Waals surface area contributed by atoms with Gasteiger partial charge in [0.2, 0.25) is 0 Å². The maximum atomic E-state index is 13.2. The van der Waals surface area contributed by atoms with Crippen molar-refractivity contribution in [1.82, 2.24) is 14.9 Å².